The van der Waals surface area contributed by atoms with Gasteiger partial charge in [-0.25, -0.2) is 0 Å². The van der Waals surface area contributed by atoms with E-state index in [1.165, 1.54) is 12.1 Å². The number of phenolic OH excluding ortho intramolecular Hbond substituents is 1. The first-order valence-corrected chi connectivity index (χ1v) is 6.72. The van der Waals surface area contributed by atoms with E-state index in [-0.39, 0.29) is 28.0 Å². The molecule has 0 heterocycles. The van der Waals surface area contributed by atoms with Gasteiger partial charge in [0.25, 0.3) is 0 Å². The lowest BCUT2D eigenvalue weighted by Crippen LogP contribution is -2.19. The maximum absolute atomic E-state index is 12.5. The predicted octanol–water partition coefficient (Wildman–Crippen LogP) is 4.09. The molecule has 3 atom stereocenters. The van der Waals surface area contributed by atoms with Crippen LogP contribution < -0.4 is 0 Å². The smallest absolute Gasteiger partial charge is 0.170 e. The van der Waals surface area contributed by atoms with Gasteiger partial charge in [-0.2, -0.15) is 0 Å². The Morgan fingerprint density at radius 3 is 2.61 bits per heavy atom. The van der Waals surface area contributed by atoms with Gasteiger partial charge >= 0.3 is 0 Å². The third kappa shape index (κ3) is 1.84. The number of rotatable bonds is 2. The van der Waals surface area contributed by atoms with Crippen LogP contribution in [-0.2, 0) is 0 Å². The van der Waals surface area contributed by atoms with Crippen molar-refractivity contribution in [1.82, 2.24) is 0 Å². The maximum atomic E-state index is 12.5. The minimum Gasteiger partial charge on any atom is -0.506 e. The highest BCUT2D eigenvalue weighted by molar-refractivity contribution is 6.36. The van der Waals surface area contributed by atoms with Crippen molar-refractivity contribution in [2.75, 3.05) is 0 Å². The van der Waals surface area contributed by atoms with Crippen LogP contribution >= 0.6 is 23.2 Å². The van der Waals surface area contributed by atoms with E-state index in [1.807, 2.05) is 0 Å². The molecular formula is C14H12Cl2O2. The number of allylic oxidation sites excluding steroid dienone is 2. The first-order valence-electron chi connectivity index (χ1n) is 5.97. The lowest BCUT2D eigenvalue weighted by molar-refractivity contribution is 0.0898. The van der Waals surface area contributed by atoms with Crippen LogP contribution in [0.25, 0.3) is 0 Å². The van der Waals surface area contributed by atoms with Crippen LogP contribution in [0.2, 0.25) is 10.0 Å². The van der Waals surface area contributed by atoms with Crippen LogP contribution in [0, 0.1) is 17.8 Å². The Hall–Kier alpha value is -0.990. The summed E-state index contributed by atoms with van der Waals surface area (Å²) in [4.78, 5) is 12.5. The lowest BCUT2D eigenvalue weighted by Gasteiger charge is -2.17. The highest BCUT2D eigenvalue weighted by Gasteiger charge is 2.40. The number of aromatic hydroxyl groups is 1. The monoisotopic (exact) mass is 282 g/mol. The molecule has 0 aromatic heterocycles. The molecule has 0 radical (unpaired) electrons. The Labute approximate surface area is 115 Å². The highest BCUT2D eigenvalue weighted by Crippen LogP contribution is 2.46. The number of carbonyl (C=O) groups is 1. The first-order chi connectivity index (χ1) is 8.56. The second-order valence-electron chi connectivity index (χ2n) is 5.03. The highest BCUT2D eigenvalue weighted by atomic mass is 35.5. The van der Waals surface area contributed by atoms with Crippen molar-refractivity contribution in [2.24, 2.45) is 17.8 Å². The molecule has 4 heteroatoms. The molecular weight excluding hydrogens is 271 g/mol. The topological polar surface area (TPSA) is 37.3 Å². The van der Waals surface area contributed by atoms with E-state index >= 15 is 0 Å². The number of benzene rings is 1. The molecule has 0 amide bonds. The van der Waals surface area contributed by atoms with Gasteiger partial charge in [-0.15, -0.1) is 0 Å². The van der Waals surface area contributed by atoms with Crippen molar-refractivity contribution in [1.29, 1.82) is 0 Å². The van der Waals surface area contributed by atoms with Crippen molar-refractivity contribution in [2.45, 2.75) is 12.8 Å². The summed E-state index contributed by atoms with van der Waals surface area (Å²) in [6, 6.07) is 2.94. The molecule has 1 aromatic carbocycles. The second kappa shape index (κ2) is 4.29. The Balaban J connectivity index is 1.96. The van der Waals surface area contributed by atoms with E-state index in [0.717, 1.165) is 12.8 Å². The van der Waals surface area contributed by atoms with Crippen LogP contribution in [0.5, 0.6) is 5.75 Å². The van der Waals surface area contributed by atoms with E-state index in [1.54, 1.807) is 0 Å². The molecule has 0 saturated heterocycles. The number of carbonyl (C=O) groups excluding carboxylic acids is 1. The first kappa shape index (κ1) is 12.1. The summed E-state index contributed by atoms with van der Waals surface area (Å²) in [5, 5.41) is 10.4. The van der Waals surface area contributed by atoms with Crippen molar-refractivity contribution in [3.63, 3.8) is 0 Å². The Morgan fingerprint density at radius 2 is 2.00 bits per heavy atom. The van der Waals surface area contributed by atoms with Crippen LogP contribution in [0.3, 0.4) is 0 Å². The Morgan fingerprint density at radius 1 is 1.22 bits per heavy atom. The standard InChI is InChI=1S/C14H12Cl2O2/c15-9-5-11(14(18)12(16)6-9)13(17)10-4-7-1-2-8(10)3-7/h1-2,5-8,10,18H,3-4H2/t7-,8+,10+/m1/s1. The van der Waals surface area contributed by atoms with Crippen LogP contribution in [0.4, 0.5) is 0 Å². The van der Waals surface area contributed by atoms with Gasteiger partial charge < -0.3 is 5.11 Å². The number of Topliss-reactive ketones (excluding diaryl/α,β-unsaturated/α-hetero) is 1. The van der Waals surface area contributed by atoms with Gasteiger partial charge in [0.1, 0.15) is 5.75 Å². The van der Waals surface area contributed by atoms with Crippen LogP contribution in [0.15, 0.2) is 24.3 Å². The lowest BCUT2D eigenvalue weighted by atomic mass is 9.86. The molecule has 3 rings (SSSR count). The Bertz CT molecular complexity index is 551. The fraction of sp³-hybridized carbons (Fsp3) is 0.357. The molecule has 1 fully saturated rings. The molecule has 0 unspecified atom stereocenters. The van der Waals surface area contributed by atoms with E-state index in [2.05, 4.69) is 12.2 Å². The van der Waals surface area contributed by atoms with E-state index < -0.39 is 0 Å². The zero-order chi connectivity index (χ0) is 12.9. The number of hydrogen-bond donors (Lipinski definition) is 1. The van der Waals surface area contributed by atoms with E-state index in [4.69, 9.17) is 23.2 Å². The summed E-state index contributed by atoms with van der Waals surface area (Å²) in [6.45, 7) is 0. The van der Waals surface area contributed by atoms with Crippen LogP contribution in [0.1, 0.15) is 23.2 Å². The molecule has 2 bridgehead atoms. The van der Waals surface area contributed by atoms with Crippen molar-refractivity contribution in [3.05, 3.63) is 39.9 Å². The van der Waals surface area contributed by atoms with Gasteiger partial charge in [0.2, 0.25) is 0 Å². The summed E-state index contributed by atoms with van der Waals surface area (Å²) in [6.07, 6.45) is 6.20. The number of fused-ring (bicyclic) bond motifs is 2. The SMILES string of the molecule is O=C(c1cc(Cl)cc(Cl)c1O)[C@H]1C[C@@H]2C=C[C@H]1C2. The molecule has 0 aliphatic heterocycles. The maximum Gasteiger partial charge on any atom is 0.170 e. The van der Waals surface area contributed by atoms with E-state index in [9.17, 15) is 9.90 Å². The second-order valence-corrected chi connectivity index (χ2v) is 5.88. The summed E-state index contributed by atoms with van der Waals surface area (Å²) in [5.74, 6) is 0.576. The number of halogens is 2. The quantitative estimate of drug-likeness (QED) is 0.655. The molecule has 1 aromatic rings. The molecule has 0 spiro atoms. The van der Waals surface area contributed by atoms with Crippen molar-refractivity contribution >= 4 is 29.0 Å². The molecule has 2 nitrogen and oxygen atoms in total. The molecule has 1 saturated carbocycles. The van der Waals surface area contributed by atoms with Gasteiger partial charge in [-0.3, -0.25) is 4.79 Å². The minimum atomic E-state index is -0.155. The Kier molecular flexibility index (Phi) is 2.87. The van der Waals surface area contributed by atoms with Gasteiger partial charge in [-0.05, 0) is 36.8 Å². The summed E-state index contributed by atoms with van der Waals surface area (Å²) in [5.41, 5.74) is 0.249. The zero-order valence-corrected chi connectivity index (χ0v) is 11.1. The fourth-order valence-electron chi connectivity index (χ4n) is 3.04. The van der Waals surface area contributed by atoms with Crippen LogP contribution in [-0.4, -0.2) is 10.9 Å². The average molecular weight is 283 g/mol. The summed E-state index contributed by atoms with van der Waals surface area (Å²) >= 11 is 11.7. The third-order valence-electron chi connectivity index (χ3n) is 3.91. The molecule has 94 valence electrons. The molecule has 2 aliphatic rings. The largest absolute Gasteiger partial charge is 0.506 e. The number of ketones is 1. The third-order valence-corrected chi connectivity index (χ3v) is 4.42. The van der Waals surface area contributed by atoms with Crippen molar-refractivity contribution in [3.8, 4) is 5.75 Å². The normalized spacial score (nSPS) is 28.9. The predicted molar refractivity (Wildman–Crippen MR) is 71.3 cm³/mol. The summed E-state index contributed by atoms with van der Waals surface area (Å²) < 4.78 is 0. The molecule has 2 aliphatic carbocycles. The van der Waals surface area contributed by atoms with Gasteiger partial charge in [0, 0.05) is 10.9 Å². The number of phenols is 1. The van der Waals surface area contributed by atoms with Crippen molar-refractivity contribution < 1.29 is 9.90 Å². The minimum absolute atomic E-state index is 0.0413. The van der Waals surface area contributed by atoms with E-state index in [0.29, 0.717) is 16.9 Å². The average Bonchev–Trinajstić information content (AvgIpc) is 2.94. The van der Waals surface area contributed by atoms with Gasteiger partial charge in [0.15, 0.2) is 5.78 Å². The molecule has 18 heavy (non-hydrogen) atoms. The fourth-order valence-corrected chi connectivity index (χ4v) is 3.53. The van der Waals surface area contributed by atoms with Gasteiger partial charge in [0.05, 0.1) is 10.6 Å². The number of hydrogen-bond acceptors (Lipinski definition) is 2. The zero-order valence-electron chi connectivity index (χ0n) is 9.57. The molecule has 1 N–H and O–H groups in total. The van der Waals surface area contributed by atoms with Gasteiger partial charge in [-0.1, -0.05) is 35.4 Å². The summed E-state index contributed by atoms with van der Waals surface area (Å²) in [7, 11) is 0.